The van der Waals surface area contributed by atoms with Crippen LogP contribution < -0.4 is 49.5 Å². The number of hydrogen-bond acceptors (Lipinski definition) is 9. The summed E-state index contributed by atoms with van der Waals surface area (Å²) in [6, 6.07) is 2.06. The summed E-state index contributed by atoms with van der Waals surface area (Å²) in [6.07, 6.45) is 1.32. The first-order valence-corrected chi connectivity index (χ1v) is 15.9. The lowest BCUT2D eigenvalue weighted by Gasteiger charge is -2.27. The van der Waals surface area contributed by atoms with Crippen LogP contribution in [0.1, 0.15) is 45.1 Å². The molecule has 274 valence electrons. The highest BCUT2D eigenvalue weighted by Gasteiger charge is 2.32. The van der Waals surface area contributed by atoms with Gasteiger partial charge in [-0.2, -0.15) is 0 Å². The third-order valence-corrected chi connectivity index (χ3v) is 7.31. The zero-order valence-corrected chi connectivity index (χ0v) is 28.0. The first-order chi connectivity index (χ1) is 23.6. The number of aliphatic imine (C=N–C) groups is 1. The van der Waals surface area contributed by atoms with Gasteiger partial charge in [-0.15, -0.1) is 0 Å². The number of rotatable bonds is 21. The lowest BCUT2D eigenvalue weighted by Crippen LogP contribution is -2.59. The molecule has 0 saturated carbocycles. The number of primary amides is 1. The van der Waals surface area contributed by atoms with Crippen molar-refractivity contribution in [2.24, 2.45) is 33.8 Å². The third-order valence-electron chi connectivity index (χ3n) is 7.31. The van der Waals surface area contributed by atoms with E-state index in [1.54, 1.807) is 12.3 Å². The molecule has 19 nitrogen and oxygen atoms in total. The van der Waals surface area contributed by atoms with E-state index in [1.165, 1.54) is 0 Å². The van der Waals surface area contributed by atoms with E-state index >= 15 is 0 Å². The Morgan fingerprint density at radius 1 is 0.840 bits per heavy atom. The number of carbonyl (C=O) groups is 7. The molecule has 4 atom stereocenters. The fourth-order valence-corrected chi connectivity index (χ4v) is 4.97. The maximum absolute atomic E-state index is 14.0. The summed E-state index contributed by atoms with van der Waals surface area (Å²) in [5.41, 5.74) is 23.0. The van der Waals surface area contributed by atoms with Gasteiger partial charge in [-0.25, -0.2) is 0 Å². The standard InChI is InChI=1S/C31H47N11O8/c1-16(2)10-21(39-25(44)13-32)29(49)41-22(11-17-14-37-19-7-4-3-6-18(17)19)30(50)40-20(8-5-9-36-31(34)35)28(48)42-23(12-24(33)43)27(47)38-15-26(45)46/h3-4,6-7,14,16,20-23,37H,5,8-13,15,32H2,1-2H3,(H2,33,43)(H,38,47)(H,39,44)(H,40,50)(H,41,49)(H,42,48)(H,45,46)(H4,34,35,36)/t20-,21-,22-,23-/m0/s1. The first-order valence-electron chi connectivity index (χ1n) is 15.9. The fourth-order valence-electron chi connectivity index (χ4n) is 4.97. The molecule has 1 aromatic heterocycles. The number of nitrogens with one attached hydrogen (secondary N) is 6. The normalized spacial score (nSPS) is 13.3. The average molecular weight is 702 g/mol. The predicted octanol–water partition coefficient (Wildman–Crippen LogP) is -3.22. The van der Waals surface area contributed by atoms with Gasteiger partial charge in [0.1, 0.15) is 30.7 Å². The van der Waals surface area contributed by atoms with Crippen molar-refractivity contribution >= 4 is 58.3 Å². The smallest absolute Gasteiger partial charge is 0.322 e. The summed E-state index contributed by atoms with van der Waals surface area (Å²) in [5, 5.41) is 22.0. The molecule has 19 heteroatoms. The summed E-state index contributed by atoms with van der Waals surface area (Å²) >= 11 is 0. The maximum atomic E-state index is 14.0. The molecule has 0 radical (unpaired) electrons. The van der Waals surface area contributed by atoms with Crippen LogP contribution in [0.25, 0.3) is 10.9 Å². The second kappa shape index (κ2) is 19.9. The molecule has 0 spiro atoms. The largest absolute Gasteiger partial charge is 0.480 e. The zero-order chi connectivity index (χ0) is 37.4. The van der Waals surface area contributed by atoms with E-state index in [0.717, 1.165) is 10.9 Å². The highest BCUT2D eigenvalue weighted by Crippen LogP contribution is 2.19. The van der Waals surface area contributed by atoms with E-state index < -0.39 is 78.5 Å². The number of carboxylic acids is 1. The molecule has 15 N–H and O–H groups in total. The monoisotopic (exact) mass is 701 g/mol. The lowest BCUT2D eigenvalue weighted by atomic mass is 10.00. The number of amides is 6. The minimum Gasteiger partial charge on any atom is -0.480 e. The van der Waals surface area contributed by atoms with Crippen LogP contribution in [0.15, 0.2) is 35.5 Å². The third kappa shape index (κ3) is 13.8. The van der Waals surface area contributed by atoms with E-state index in [-0.39, 0.29) is 50.7 Å². The van der Waals surface area contributed by atoms with Crippen molar-refractivity contribution in [2.45, 2.75) is 70.1 Å². The molecule has 2 aromatic rings. The highest BCUT2D eigenvalue weighted by atomic mass is 16.4. The van der Waals surface area contributed by atoms with Crippen molar-refractivity contribution in [1.82, 2.24) is 31.6 Å². The van der Waals surface area contributed by atoms with Crippen molar-refractivity contribution in [3.63, 3.8) is 0 Å². The van der Waals surface area contributed by atoms with Gasteiger partial charge >= 0.3 is 5.97 Å². The van der Waals surface area contributed by atoms with Crippen molar-refractivity contribution in [3.8, 4) is 0 Å². The van der Waals surface area contributed by atoms with E-state index in [4.69, 9.17) is 28.0 Å². The number of nitrogens with zero attached hydrogens (tertiary/aromatic N) is 1. The van der Waals surface area contributed by atoms with Crippen LogP contribution in [0.5, 0.6) is 0 Å². The summed E-state index contributed by atoms with van der Waals surface area (Å²) in [7, 11) is 0. The van der Waals surface area contributed by atoms with Gasteiger partial charge in [0.2, 0.25) is 35.4 Å². The Labute approximate surface area is 288 Å². The van der Waals surface area contributed by atoms with Crippen LogP contribution in [0, 0.1) is 5.92 Å². The van der Waals surface area contributed by atoms with Crippen molar-refractivity contribution in [2.75, 3.05) is 19.6 Å². The van der Waals surface area contributed by atoms with Crippen LogP contribution in [-0.2, 0) is 40.0 Å². The predicted molar refractivity (Wildman–Crippen MR) is 183 cm³/mol. The Bertz CT molecular complexity index is 1550. The number of guanidine groups is 1. The SMILES string of the molecule is CC(C)C[C@H](NC(=O)CN)C(=O)N[C@@H](Cc1c[nH]c2ccccc12)C(=O)N[C@@H](CCCN=C(N)N)C(=O)N[C@@H](CC(N)=O)C(=O)NCC(=O)O. The summed E-state index contributed by atoms with van der Waals surface area (Å²) < 4.78 is 0. The van der Waals surface area contributed by atoms with Crippen molar-refractivity contribution < 1.29 is 38.7 Å². The molecule has 1 heterocycles. The van der Waals surface area contributed by atoms with Gasteiger partial charge in [0.25, 0.3) is 0 Å². The molecule has 0 aliphatic heterocycles. The Morgan fingerprint density at radius 2 is 1.46 bits per heavy atom. The highest BCUT2D eigenvalue weighted by molar-refractivity contribution is 5.97. The molecule has 0 bridgehead atoms. The number of aromatic amines is 1. The second-order valence-corrected chi connectivity index (χ2v) is 11.9. The van der Waals surface area contributed by atoms with Gasteiger partial charge in [0, 0.05) is 30.1 Å². The molecule has 50 heavy (non-hydrogen) atoms. The van der Waals surface area contributed by atoms with Crippen LogP contribution >= 0.6 is 0 Å². The van der Waals surface area contributed by atoms with E-state index in [0.29, 0.717) is 5.56 Å². The van der Waals surface area contributed by atoms with E-state index in [1.807, 2.05) is 32.0 Å². The Morgan fingerprint density at radius 3 is 2.08 bits per heavy atom. The molecular formula is C31H47N11O8. The van der Waals surface area contributed by atoms with E-state index in [9.17, 15) is 33.6 Å². The number of carboxylic acid groups (broad SMARTS) is 1. The van der Waals surface area contributed by atoms with Gasteiger partial charge < -0.3 is 59.6 Å². The van der Waals surface area contributed by atoms with Crippen LogP contribution in [0.2, 0.25) is 0 Å². The minimum atomic E-state index is -1.57. The summed E-state index contributed by atoms with van der Waals surface area (Å²) in [4.78, 5) is 95.5. The molecule has 6 amide bonds. The minimum absolute atomic E-state index is 0.0240. The number of aromatic nitrogens is 1. The Kier molecular flexibility index (Phi) is 16.1. The van der Waals surface area contributed by atoms with Crippen molar-refractivity contribution in [3.05, 3.63) is 36.0 Å². The quantitative estimate of drug-likeness (QED) is 0.0349. The Hall–Kier alpha value is -5.72. The number of hydrogen-bond donors (Lipinski definition) is 11. The Balaban J connectivity index is 2.44. The molecule has 0 unspecified atom stereocenters. The van der Waals surface area contributed by atoms with E-state index in [2.05, 4.69) is 36.6 Å². The fraction of sp³-hybridized carbons (Fsp3) is 0.484. The van der Waals surface area contributed by atoms with Gasteiger partial charge in [0.15, 0.2) is 5.96 Å². The zero-order valence-electron chi connectivity index (χ0n) is 28.0. The number of H-pyrrole nitrogens is 1. The van der Waals surface area contributed by atoms with Gasteiger partial charge in [-0.1, -0.05) is 32.0 Å². The topological polar surface area (TPSA) is 332 Å². The number of carbonyl (C=O) groups excluding carboxylic acids is 6. The van der Waals surface area contributed by atoms with Gasteiger partial charge in [-0.3, -0.25) is 38.6 Å². The van der Waals surface area contributed by atoms with Crippen LogP contribution in [0.4, 0.5) is 0 Å². The molecule has 1 aromatic carbocycles. The number of fused-ring (bicyclic) bond motifs is 1. The number of benzene rings is 1. The summed E-state index contributed by atoms with van der Waals surface area (Å²) in [5.74, 6) is -6.49. The summed E-state index contributed by atoms with van der Waals surface area (Å²) in [6.45, 7) is 2.62. The van der Waals surface area contributed by atoms with Crippen LogP contribution in [0.3, 0.4) is 0 Å². The first kappa shape index (κ1) is 40.5. The number of para-hydroxylation sites is 1. The molecule has 0 saturated heterocycles. The molecule has 0 aliphatic carbocycles. The van der Waals surface area contributed by atoms with Crippen LogP contribution in [-0.4, -0.2) is 101 Å². The molecular weight excluding hydrogens is 654 g/mol. The van der Waals surface area contributed by atoms with Gasteiger partial charge in [0.05, 0.1) is 13.0 Å². The average Bonchev–Trinajstić information content (AvgIpc) is 3.45. The molecule has 0 fully saturated rings. The lowest BCUT2D eigenvalue weighted by molar-refractivity contribution is -0.139. The van der Waals surface area contributed by atoms with Crippen molar-refractivity contribution in [1.29, 1.82) is 0 Å². The second-order valence-electron chi connectivity index (χ2n) is 11.9. The number of aliphatic carboxylic acids is 1. The molecule has 2 rings (SSSR count). The maximum Gasteiger partial charge on any atom is 0.322 e. The van der Waals surface area contributed by atoms with Gasteiger partial charge in [-0.05, 0) is 36.8 Å². The molecule has 0 aliphatic rings. The number of nitrogens with two attached hydrogens (primary N) is 4.